The van der Waals surface area contributed by atoms with E-state index in [1.807, 2.05) is 13.8 Å². The van der Waals surface area contributed by atoms with E-state index in [0.717, 1.165) is 31.0 Å². The summed E-state index contributed by atoms with van der Waals surface area (Å²) in [6.45, 7) is 5.92. The van der Waals surface area contributed by atoms with Crippen LogP contribution in [0.1, 0.15) is 29.4 Å². The molecule has 1 fully saturated rings. The van der Waals surface area contributed by atoms with Gasteiger partial charge in [-0.1, -0.05) is 5.16 Å². The third-order valence-corrected chi connectivity index (χ3v) is 3.19. The Labute approximate surface area is 90.8 Å². The second-order valence-electron chi connectivity index (χ2n) is 4.11. The molecule has 2 heterocycles. The first kappa shape index (κ1) is 10.7. The first-order valence-corrected chi connectivity index (χ1v) is 5.40. The van der Waals surface area contributed by atoms with Gasteiger partial charge in [-0.15, -0.1) is 0 Å². The van der Waals surface area contributed by atoms with Crippen LogP contribution in [0, 0.1) is 13.8 Å². The third kappa shape index (κ3) is 1.94. The van der Waals surface area contributed by atoms with Gasteiger partial charge in [-0.3, -0.25) is 0 Å². The van der Waals surface area contributed by atoms with Crippen LogP contribution in [0.15, 0.2) is 4.52 Å². The van der Waals surface area contributed by atoms with Crippen LogP contribution in [0.2, 0.25) is 0 Å². The zero-order valence-electron chi connectivity index (χ0n) is 9.54. The molecule has 0 amide bonds. The van der Waals surface area contributed by atoms with Gasteiger partial charge in [-0.25, -0.2) is 0 Å². The van der Waals surface area contributed by atoms with E-state index in [0.29, 0.717) is 5.92 Å². The van der Waals surface area contributed by atoms with Crippen LogP contribution >= 0.6 is 0 Å². The van der Waals surface area contributed by atoms with Crippen molar-refractivity contribution in [2.75, 3.05) is 13.1 Å². The summed E-state index contributed by atoms with van der Waals surface area (Å²) in [4.78, 5) is 0. The van der Waals surface area contributed by atoms with Gasteiger partial charge in [0.25, 0.3) is 8.05 Å². The average molecular weight is 208 g/mol. The molecular weight excluding hydrogens is 191 g/mol. The van der Waals surface area contributed by atoms with E-state index in [4.69, 9.17) is 9.18 Å². The third-order valence-electron chi connectivity index (χ3n) is 3.19. The normalized spacial score (nSPS) is 26.8. The zero-order chi connectivity index (χ0) is 10.8. The van der Waals surface area contributed by atoms with Gasteiger partial charge in [-0.2, -0.15) is 0 Å². The first-order valence-electron chi connectivity index (χ1n) is 5.40. The molecule has 0 saturated carbocycles. The number of piperidine rings is 1. The van der Waals surface area contributed by atoms with E-state index in [9.17, 15) is 0 Å². The Balaban J connectivity index is 2.27. The molecule has 0 aromatic carbocycles. The Morgan fingerprint density at radius 2 is 2.33 bits per heavy atom. The van der Waals surface area contributed by atoms with Gasteiger partial charge < -0.3 is 14.5 Å². The highest BCUT2D eigenvalue weighted by atomic mass is 16.5. The van der Waals surface area contributed by atoms with Crippen molar-refractivity contribution in [1.29, 1.82) is 0 Å². The molecular formula is C10H17BN2O2. The molecule has 1 aromatic heterocycles. The predicted molar refractivity (Wildman–Crippen MR) is 59.6 cm³/mol. The standard InChI is InChI=1S/C10H17BN2O2/c1-6-10(7(2)15-13-6)8-3-4-12-5-9(8)14-11/h8-9,12H,3-5,11H2,1-2H3. The number of hydrogen-bond acceptors (Lipinski definition) is 4. The lowest BCUT2D eigenvalue weighted by atomic mass is 9.86. The second-order valence-corrected chi connectivity index (χ2v) is 4.11. The number of nitrogens with one attached hydrogen (secondary N) is 1. The van der Waals surface area contributed by atoms with Crippen molar-refractivity contribution < 1.29 is 9.18 Å². The molecule has 5 heteroatoms. The number of aryl methyl sites for hydroxylation is 2. The molecule has 2 atom stereocenters. The highest BCUT2D eigenvalue weighted by Crippen LogP contribution is 2.31. The highest BCUT2D eigenvalue weighted by Gasteiger charge is 2.30. The summed E-state index contributed by atoms with van der Waals surface area (Å²) in [5, 5.41) is 7.35. The summed E-state index contributed by atoms with van der Waals surface area (Å²) in [5.41, 5.74) is 2.24. The Kier molecular flexibility index (Phi) is 3.12. The molecule has 0 aliphatic carbocycles. The van der Waals surface area contributed by atoms with Crippen molar-refractivity contribution >= 4 is 8.05 Å². The molecule has 2 unspecified atom stereocenters. The molecule has 1 aromatic rings. The smallest absolute Gasteiger partial charge is 0.257 e. The summed E-state index contributed by atoms with van der Waals surface area (Å²) < 4.78 is 10.7. The molecule has 1 N–H and O–H groups in total. The van der Waals surface area contributed by atoms with E-state index >= 15 is 0 Å². The molecule has 2 rings (SSSR count). The van der Waals surface area contributed by atoms with E-state index in [-0.39, 0.29) is 6.10 Å². The van der Waals surface area contributed by atoms with Crippen molar-refractivity contribution in [2.24, 2.45) is 0 Å². The number of rotatable bonds is 2. The van der Waals surface area contributed by atoms with E-state index in [2.05, 4.69) is 10.5 Å². The number of hydrogen-bond donors (Lipinski definition) is 1. The van der Waals surface area contributed by atoms with Crippen molar-refractivity contribution in [1.82, 2.24) is 10.5 Å². The number of nitrogens with zero attached hydrogens (tertiary/aromatic N) is 1. The van der Waals surface area contributed by atoms with Gasteiger partial charge >= 0.3 is 0 Å². The van der Waals surface area contributed by atoms with Gasteiger partial charge in [0.15, 0.2) is 0 Å². The molecule has 1 aliphatic rings. The van der Waals surface area contributed by atoms with Crippen molar-refractivity contribution in [3.63, 3.8) is 0 Å². The summed E-state index contributed by atoms with van der Waals surface area (Å²) >= 11 is 0. The van der Waals surface area contributed by atoms with Gasteiger partial charge in [0.1, 0.15) is 5.76 Å². The zero-order valence-corrected chi connectivity index (χ0v) is 9.54. The largest absolute Gasteiger partial charge is 0.439 e. The van der Waals surface area contributed by atoms with Crippen LogP contribution in [0.25, 0.3) is 0 Å². The lowest BCUT2D eigenvalue weighted by Gasteiger charge is -2.31. The summed E-state index contributed by atoms with van der Waals surface area (Å²) in [7, 11) is 1.77. The lowest BCUT2D eigenvalue weighted by molar-refractivity contribution is 0.154. The minimum atomic E-state index is 0.232. The Morgan fingerprint density at radius 1 is 1.53 bits per heavy atom. The fourth-order valence-corrected chi connectivity index (χ4v) is 2.43. The average Bonchev–Trinajstić information content (AvgIpc) is 2.59. The molecule has 0 bridgehead atoms. The fraction of sp³-hybridized carbons (Fsp3) is 0.700. The van der Waals surface area contributed by atoms with Gasteiger partial charge in [0, 0.05) is 18.0 Å². The van der Waals surface area contributed by atoms with Gasteiger partial charge in [-0.05, 0) is 26.8 Å². The van der Waals surface area contributed by atoms with Gasteiger partial charge in [0.05, 0.1) is 11.8 Å². The minimum absolute atomic E-state index is 0.232. The maximum atomic E-state index is 5.51. The second kappa shape index (κ2) is 4.37. The monoisotopic (exact) mass is 208 g/mol. The highest BCUT2D eigenvalue weighted by molar-refractivity contribution is 5.98. The topological polar surface area (TPSA) is 47.3 Å². The molecule has 0 spiro atoms. The first-order chi connectivity index (χ1) is 7.24. The lowest BCUT2D eigenvalue weighted by Crippen LogP contribution is -2.41. The predicted octanol–water partition coefficient (Wildman–Crippen LogP) is 0.302. The molecule has 1 aliphatic heterocycles. The molecule has 4 nitrogen and oxygen atoms in total. The SMILES string of the molecule is BOC1CNCCC1c1c(C)noc1C. The molecule has 0 radical (unpaired) electrons. The van der Waals surface area contributed by atoms with E-state index in [1.165, 1.54) is 5.56 Å². The van der Waals surface area contributed by atoms with E-state index in [1.54, 1.807) is 8.05 Å². The van der Waals surface area contributed by atoms with Crippen molar-refractivity contribution in [3.8, 4) is 0 Å². The van der Waals surface area contributed by atoms with Crippen LogP contribution < -0.4 is 5.32 Å². The molecule has 15 heavy (non-hydrogen) atoms. The van der Waals surface area contributed by atoms with E-state index < -0.39 is 0 Å². The minimum Gasteiger partial charge on any atom is -0.439 e. The fourth-order valence-electron chi connectivity index (χ4n) is 2.43. The maximum absolute atomic E-state index is 5.51. The van der Waals surface area contributed by atoms with Crippen LogP contribution in [0.4, 0.5) is 0 Å². The molecule has 1 saturated heterocycles. The summed E-state index contributed by atoms with van der Waals surface area (Å²) in [6, 6.07) is 0. The Hall–Kier alpha value is -0.805. The Morgan fingerprint density at radius 3 is 2.93 bits per heavy atom. The summed E-state index contributed by atoms with van der Waals surface area (Å²) in [6.07, 6.45) is 1.32. The number of aromatic nitrogens is 1. The molecule has 82 valence electrons. The van der Waals surface area contributed by atoms with Crippen LogP contribution in [0.5, 0.6) is 0 Å². The van der Waals surface area contributed by atoms with Gasteiger partial charge in [0.2, 0.25) is 0 Å². The van der Waals surface area contributed by atoms with Crippen molar-refractivity contribution in [2.45, 2.75) is 32.3 Å². The van der Waals surface area contributed by atoms with Crippen molar-refractivity contribution in [3.05, 3.63) is 17.0 Å². The quantitative estimate of drug-likeness (QED) is 0.710. The Bertz CT molecular complexity index is 321. The van der Waals surface area contributed by atoms with Crippen LogP contribution in [-0.2, 0) is 4.65 Å². The van der Waals surface area contributed by atoms with Crippen LogP contribution in [0.3, 0.4) is 0 Å². The van der Waals surface area contributed by atoms with Crippen LogP contribution in [-0.4, -0.2) is 32.4 Å². The maximum Gasteiger partial charge on any atom is 0.257 e. The summed E-state index contributed by atoms with van der Waals surface area (Å²) in [5.74, 6) is 1.35.